The van der Waals surface area contributed by atoms with Gasteiger partial charge in [0.25, 0.3) is 0 Å². The van der Waals surface area contributed by atoms with E-state index in [-0.39, 0.29) is 24.4 Å². The third kappa shape index (κ3) is 4.88. The molecule has 182 valence electrons. The SMILES string of the molecule is CCOC(=O)c1c(NC(=O)NCc2c(-c3ccoc3)sc3c2CCNC3)sc2c1CCCC2.Cl. The fourth-order valence-corrected chi connectivity index (χ4v) is 7.20. The molecule has 0 bridgehead atoms. The van der Waals surface area contributed by atoms with Crippen molar-refractivity contribution in [1.82, 2.24) is 10.6 Å². The summed E-state index contributed by atoms with van der Waals surface area (Å²) in [6, 6.07) is 1.64. The molecule has 7 nitrogen and oxygen atoms in total. The maximum Gasteiger partial charge on any atom is 0.341 e. The van der Waals surface area contributed by atoms with E-state index in [2.05, 4.69) is 16.0 Å². The second-order valence-corrected chi connectivity index (χ2v) is 10.4. The number of thiophene rings is 2. The van der Waals surface area contributed by atoms with Gasteiger partial charge in [0.2, 0.25) is 0 Å². The fraction of sp³-hybridized carbons (Fsp3) is 0.417. The van der Waals surface area contributed by atoms with E-state index < -0.39 is 0 Å². The van der Waals surface area contributed by atoms with Crippen molar-refractivity contribution in [3.05, 3.63) is 50.6 Å². The molecule has 0 spiro atoms. The topological polar surface area (TPSA) is 92.6 Å². The van der Waals surface area contributed by atoms with Crippen molar-refractivity contribution in [3.8, 4) is 10.4 Å². The van der Waals surface area contributed by atoms with Crippen LogP contribution in [-0.2, 0) is 37.1 Å². The van der Waals surface area contributed by atoms with Gasteiger partial charge in [-0.25, -0.2) is 9.59 Å². The van der Waals surface area contributed by atoms with E-state index in [1.807, 2.05) is 6.07 Å². The molecule has 0 aromatic carbocycles. The largest absolute Gasteiger partial charge is 0.472 e. The summed E-state index contributed by atoms with van der Waals surface area (Å²) in [5.74, 6) is -0.353. The summed E-state index contributed by atoms with van der Waals surface area (Å²) in [6.07, 6.45) is 8.31. The summed E-state index contributed by atoms with van der Waals surface area (Å²) in [5.41, 5.74) is 5.06. The summed E-state index contributed by atoms with van der Waals surface area (Å²) in [4.78, 5) is 29.2. The third-order valence-electron chi connectivity index (χ3n) is 6.12. The quantitative estimate of drug-likeness (QED) is 0.372. The first-order valence-electron chi connectivity index (χ1n) is 11.4. The van der Waals surface area contributed by atoms with Crippen LogP contribution in [-0.4, -0.2) is 25.2 Å². The lowest BCUT2D eigenvalue weighted by Gasteiger charge is -2.15. The van der Waals surface area contributed by atoms with Crippen molar-refractivity contribution in [3.63, 3.8) is 0 Å². The minimum atomic E-state index is -0.353. The second-order valence-electron chi connectivity index (χ2n) is 8.19. The molecule has 5 rings (SSSR count). The molecule has 0 atom stereocenters. The fourth-order valence-electron chi connectivity index (χ4n) is 4.60. The number of urea groups is 1. The Hall–Kier alpha value is -2.33. The first kappa shape index (κ1) is 24.8. The predicted molar refractivity (Wildman–Crippen MR) is 137 cm³/mol. The molecule has 2 aliphatic rings. The van der Waals surface area contributed by atoms with Gasteiger partial charge in [0, 0.05) is 33.3 Å². The molecule has 10 heteroatoms. The van der Waals surface area contributed by atoms with Crippen molar-refractivity contribution < 1.29 is 18.7 Å². The van der Waals surface area contributed by atoms with Gasteiger partial charge in [-0.15, -0.1) is 35.1 Å². The van der Waals surface area contributed by atoms with Crippen molar-refractivity contribution in [2.75, 3.05) is 18.5 Å². The van der Waals surface area contributed by atoms with Crippen molar-refractivity contribution >= 4 is 52.1 Å². The number of nitrogens with one attached hydrogen (secondary N) is 3. The van der Waals surface area contributed by atoms with E-state index in [0.717, 1.165) is 66.8 Å². The van der Waals surface area contributed by atoms with Crippen LogP contribution < -0.4 is 16.0 Å². The second kappa shape index (κ2) is 10.9. The molecule has 0 radical (unpaired) electrons. The van der Waals surface area contributed by atoms with E-state index in [4.69, 9.17) is 9.15 Å². The number of amides is 2. The molecule has 34 heavy (non-hydrogen) atoms. The number of hydrogen-bond acceptors (Lipinski definition) is 7. The Morgan fingerprint density at radius 1 is 1.15 bits per heavy atom. The molecule has 3 N–H and O–H groups in total. The number of halogens is 1. The van der Waals surface area contributed by atoms with E-state index >= 15 is 0 Å². The summed E-state index contributed by atoms with van der Waals surface area (Å²) >= 11 is 3.25. The molecule has 3 aromatic heterocycles. The molecule has 0 unspecified atom stereocenters. The zero-order chi connectivity index (χ0) is 22.8. The number of ether oxygens (including phenoxy) is 1. The molecule has 4 heterocycles. The standard InChI is InChI=1S/C24H27N3O4S2.ClH/c1-2-31-23(28)20-16-5-3-4-6-18(16)33-22(20)27-24(29)26-11-17-15-7-9-25-12-19(15)32-21(17)14-8-10-30-13-14;/h8,10,13,25H,2-7,9,11-12H2,1H3,(H2,26,27,29);1H. The lowest BCUT2D eigenvalue weighted by molar-refractivity contribution is 0.0526. The molecule has 0 saturated carbocycles. The molecule has 2 amide bonds. The van der Waals surface area contributed by atoms with Crippen LogP contribution in [0.1, 0.15) is 56.6 Å². The summed E-state index contributed by atoms with van der Waals surface area (Å²) < 4.78 is 10.6. The van der Waals surface area contributed by atoms with Crippen LogP contribution >= 0.6 is 35.1 Å². The Kier molecular flexibility index (Phi) is 7.98. The Morgan fingerprint density at radius 3 is 2.79 bits per heavy atom. The number of carbonyl (C=O) groups is 2. The highest BCUT2D eigenvalue weighted by Crippen LogP contribution is 2.40. The van der Waals surface area contributed by atoms with Crippen LogP contribution in [0.25, 0.3) is 10.4 Å². The smallest absolute Gasteiger partial charge is 0.341 e. The maximum atomic E-state index is 12.9. The Balaban J connectivity index is 0.00000274. The third-order valence-corrected chi connectivity index (χ3v) is 8.66. The van der Waals surface area contributed by atoms with Crippen molar-refractivity contribution in [2.24, 2.45) is 0 Å². The van der Waals surface area contributed by atoms with Gasteiger partial charge in [0.1, 0.15) is 5.00 Å². The lowest BCUT2D eigenvalue weighted by Crippen LogP contribution is -2.30. The number of esters is 1. The van der Waals surface area contributed by atoms with Crippen LogP contribution in [0.5, 0.6) is 0 Å². The van der Waals surface area contributed by atoms with Crippen LogP contribution in [0.4, 0.5) is 9.80 Å². The highest BCUT2D eigenvalue weighted by molar-refractivity contribution is 7.17. The minimum absolute atomic E-state index is 0. The minimum Gasteiger partial charge on any atom is -0.472 e. The van der Waals surface area contributed by atoms with E-state index in [1.54, 1.807) is 30.8 Å². The van der Waals surface area contributed by atoms with Gasteiger partial charge in [-0.05, 0) is 68.3 Å². The predicted octanol–water partition coefficient (Wildman–Crippen LogP) is 5.51. The van der Waals surface area contributed by atoms with Gasteiger partial charge >= 0.3 is 12.0 Å². The first-order valence-corrected chi connectivity index (χ1v) is 13.0. The first-order chi connectivity index (χ1) is 16.2. The highest BCUT2D eigenvalue weighted by atomic mass is 35.5. The zero-order valence-electron chi connectivity index (χ0n) is 19.0. The average Bonchev–Trinajstić information content (AvgIpc) is 3.54. The average molecular weight is 522 g/mol. The van der Waals surface area contributed by atoms with Gasteiger partial charge in [-0.2, -0.15) is 0 Å². The number of fused-ring (bicyclic) bond motifs is 2. The number of hydrogen-bond donors (Lipinski definition) is 3. The zero-order valence-corrected chi connectivity index (χ0v) is 21.4. The Morgan fingerprint density at radius 2 is 2.00 bits per heavy atom. The Bertz CT molecular complexity index is 1170. The molecule has 1 aliphatic carbocycles. The van der Waals surface area contributed by atoms with Gasteiger partial charge < -0.3 is 19.8 Å². The molecule has 1 aliphatic heterocycles. The molecular formula is C24H28ClN3O4S2. The Labute approximate surface area is 212 Å². The monoisotopic (exact) mass is 521 g/mol. The van der Waals surface area contributed by atoms with Crippen LogP contribution in [0, 0.1) is 0 Å². The summed E-state index contributed by atoms with van der Waals surface area (Å²) in [5, 5.41) is 9.98. The van der Waals surface area contributed by atoms with E-state index in [9.17, 15) is 9.59 Å². The summed E-state index contributed by atoms with van der Waals surface area (Å²) in [7, 11) is 0. The van der Waals surface area contributed by atoms with E-state index in [0.29, 0.717) is 23.7 Å². The van der Waals surface area contributed by atoms with Crippen LogP contribution in [0.3, 0.4) is 0 Å². The molecule has 3 aromatic rings. The number of rotatable bonds is 6. The normalized spacial score (nSPS) is 14.5. The maximum absolute atomic E-state index is 12.9. The van der Waals surface area contributed by atoms with Gasteiger partial charge in [0.05, 0.1) is 24.7 Å². The van der Waals surface area contributed by atoms with Crippen molar-refractivity contribution in [1.29, 1.82) is 0 Å². The number of aryl methyl sites for hydroxylation is 1. The van der Waals surface area contributed by atoms with Gasteiger partial charge in [-0.3, -0.25) is 5.32 Å². The molecule has 0 fully saturated rings. The van der Waals surface area contributed by atoms with Gasteiger partial charge in [0.15, 0.2) is 0 Å². The molecular weight excluding hydrogens is 494 g/mol. The number of furan rings is 1. The van der Waals surface area contributed by atoms with E-state index in [1.165, 1.54) is 26.7 Å². The highest BCUT2D eigenvalue weighted by Gasteiger charge is 2.28. The van der Waals surface area contributed by atoms with Crippen LogP contribution in [0.2, 0.25) is 0 Å². The number of anilines is 1. The van der Waals surface area contributed by atoms with Gasteiger partial charge in [-0.1, -0.05) is 0 Å². The summed E-state index contributed by atoms with van der Waals surface area (Å²) in [6.45, 7) is 4.30. The van der Waals surface area contributed by atoms with Crippen molar-refractivity contribution in [2.45, 2.75) is 52.1 Å². The lowest BCUT2D eigenvalue weighted by atomic mass is 9.95. The number of carbonyl (C=O) groups excluding carboxylic acids is 2. The van der Waals surface area contributed by atoms with Crippen LogP contribution in [0.15, 0.2) is 23.0 Å². The molecule has 0 saturated heterocycles.